The van der Waals surface area contributed by atoms with Crippen molar-refractivity contribution >= 4 is 5.69 Å². The molecule has 0 saturated carbocycles. The van der Waals surface area contributed by atoms with E-state index >= 15 is 0 Å². The van der Waals surface area contributed by atoms with Crippen LogP contribution in [0.2, 0.25) is 0 Å². The summed E-state index contributed by atoms with van der Waals surface area (Å²) in [5, 5.41) is 10.8. The first-order valence-electron chi connectivity index (χ1n) is 5.88. The van der Waals surface area contributed by atoms with Gasteiger partial charge in [0.15, 0.2) is 0 Å². The van der Waals surface area contributed by atoms with E-state index in [-0.39, 0.29) is 5.69 Å². The lowest BCUT2D eigenvalue weighted by Crippen LogP contribution is -2.14. The molecule has 0 aliphatic heterocycles. The number of hydrogen-bond acceptors (Lipinski definition) is 4. The maximum Gasteiger partial charge on any atom is 0.273 e. The largest absolute Gasteiger partial charge is 0.297 e. The molecule has 2 aromatic rings. The molecule has 0 aliphatic carbocycles. The van der Waals surface area contributed by atoms with Gasteiger partial charge in [-0.3, -0.25) is 15.0 Å². The van der Waals surface area contributed by atoms with Gasteiger partial charge in [0.05, 0.1) is 18.1 Å². The van der Waals surface area contributed by atoms with Crippen molar-refractivity contribution < 1.29 is 9.76 Å². The highest BCUT2D eigenvalue weighted by Crippen LogP contribution is 2.17. The number of hydroxylamine groups is 1. The van der Waals surface area contributed by atoms with Gasteiger partial charge in [-0.1, -0.05) is 48.5 Å². The maximum atomic E-state index is 10.8. The molecular weight excluding hydrogens is 244 g/mol. The van der Waals surface area contributed by atoms with Gasteiger partial charge in [-0.25, -0.2) is 0 Å². The molecule has 98 valence electrons. The Bertz CT molecular complexity index is 543. The van der Waals surface area contributed by atoms with Gasteiger partial charge in [0.2, 0.25) is 0 Å². The molecule has 5 heteroatoms. The van der Waals surface area contributed by atoms with Gasteiger partial charge >= 0.3 is 0 Å². The van der Waals surface area contributed by atoms with E-state index < -0.39 is 4.92 Å². The van der Waals surface area contributed by atoms with Crippen molar-refractivity contribution in [1.29, 1.82) is 0 Å². The zero-order valence-electron chi connectivity index (χ0n) is 10.3. The van der Waals surface area contributed by atoms with Crippen molar-refractivity contribution in [3.05, 3.63) is 75.8 Å². The van der Waals surface area contributed by atoms with E-state index in [2.05, 4.69) is 5.48 Å². The Morgan fingerprint density at radius 2 is 1.74 bits per heavy atom. The fourth-order valence-electron chi connectivity index (χ4n) is 1.68. The first kappa shape index (κ1) is 13.2. The first-order chi connectivity index (χ1) is 9.27. The van der Waals surface area contributed by atoms with Gasteiger partial charge in [0, 0.05) is 11.6 Å². The molecule has 0 radical (unpaired) electrons. The number of hydrogen-bond donors (Lipinski definition) is 1. The minimum Gasteiger partial charge on any atom is -0.297 e. The number of nitro groups is 1. The summed E-state index contributed by atoms with van der Waals surface area (Å²) in [6, 6.07) is 16.3. The first-order valence-corrected chi connectivity index (χ1v) is 5.88. The van der Waals surface area contributed by atoms with Crippen molar-refractivity contribution in [2.45, 2.75) is 13.2 Å². The molecule has 0 atom stereocenters. The van der Waals surface area contributed by atoms with Crippen LogP contribution < -0.4 is 5.48 Å². The van der Waals surface area contributed by atoms with Crippen LogP contribution in [0.4, 0.5) is 5.69 Å². The highest BCUT2D eigenvalue weighted by atomic mass is 16.6. The molecule has 0 aliphatic rings. The quantitative estimate of drug-likeness (QED) is 0.491. The molecule has 1 N–H and O–H groups in total. The molecule has 0 bridgehead atoms. The number of rotatable bonds is 6. The lowest BCUT2D eigenvalue weighted by atomic mass is 10.2. The molecule has 0 unspecified atom stereocenters. The Hall–Kier alpha value is -2.24. The second kappa shape index (κ2) is 6.63. The van der Waals surface area contributed by atoms with Crippen molar-refractivity contribution in [3.8, 4) is 0 Å². The molecule has 0 amide bonds. The average molecular weight is 258 g/mol. The number of benzene rings is 2. The van der Waals surface area contributed by atoms with E-state index in [0.717, 1.165) is 5.56 Å². The monoisotopic (exact) mass is 258 g/mol. The number of para-hydroxylation sites is 1. The molecule has 0 spiro atoms. The SMILES string of the molecule is O=[N+]([O-])c1ccccc1CNOCc1ccccc1. The summed E-state index contributed by atoms with van der Waals surface area (Å²) >= 11 is 0. The van der Waals surface area contributed by atoms with Gasteiger partial charge in [-0.05, 0) is 5.56 Å². The Labute approximate surface area is 110 Å². The molecule has 0 heterocycles. The standard InChI is InChI=1S/C14H14N2O3/c17-16(18)14-9-5-4-8-13(14)10-15-19-11-12-6-2-1-3-7-12/h1-9,15H,10-11H2. The Morgan fingerprint density at radius 1 is 1.05 bits per heavy atom. The van der Waals surface area contributed by atoms with Crippen molar-refractivity contribution in [3.63, 3.8) is 0 Å². The summed E-state index contributed by atoms with van der Waals surface area (Å²) in [7, 11) is 0. The van der Waals surface area contributed by atoms with Gasteiger partial charge in [-0.15, -0.1) is 0 Å². The van der Waals surface area contributed by atoms with Crippen LogP contribution in [-0.2, 0) is 18.0 Å². The third kappa shape index (κ3) is 3.87. The van der Waals surface area contributed by atoms with E-state index in [1.165, 1.54) is 6.07 Å². The van der Waals surface area contributed by atoms with Crippen LogP contribution in [0, 0.1) is 10.1 Å². The molecule has 0 aromatic heterocycles. The van der Waals surface area contributed by atoms with Crippen LogP contribution in [0.1, 0.15) is 11.1 Å². The molecule has 2 rings (SSSR count). The third-order valence-corrected chi connectivity index (χ3v) is 2.63. The summed E-state index contributed by atoms with van der Waals surface area (Å²) in [5.74, 6) is 0. The smallest absolute Gasteiger partial charge is 0.273 e. The summed E-state index contributed by atoms with van der Waals surface area (Å²) in [4.78, 5) is 15.7. The van der Waals surface area contributed by atoms with E-state index in [4.69, 9.17) is 4.84 Å². The summed E-state index contributed by atoms with van der Waals surface area (Å²) in [6.45, 7) is 0.714. The fourth-order valence-corrected chi connectivity index (χ4v) is 1.68. The molecule has 0 saturated heterocycles. The van der Waals surface area contributed by atoms with E-state index in [1.807, 2.05) is 30.3 Å². The van der Waals surface area contributed by atoms with Crippen LogP contribution in [-0.4, -0.2) is 4.92 Å². The average Bonchev–Trinajstić information content (AvgIpc) is 2.45. The van der Waals surface area contributed by atoms with E-state index in [9.17, 15) is 10.1 Å². The van der Waals surface area contributed by atoms with Gasteiger partial charge in [0.1, 0.15) is 0 Å². The highest BCUT2D eigenvalue weighted by Gasteiger charge is 2.11. The van der Waals surface area contributed by atoms with Crippen LogP contribution >= 0.6 is 0 Å². The fraction of sp³-hybridized carbons (Fsp3) is 0.143. The zero-order chi connectivity index (χ0) is 13.5. The second-order valence-electron chi connectivity index (χ2n) is 3.98. The minimum atomic E-state index is -0.395. The predicted molar refractivity (Wildman–Crippen MR) is 71.2 cm³/mol. The Kier molecular flexibility index (Phi) is 4.60. The summed E-state index contributed by atoms with van der Waals surface area (Å²) in [5.41, 5.74) is 4.47. The topological polar surface area (TPSA) is 64.4 Å². The lowest BCUT2D eigenvalue weighted by molar-refractivity contribution is -0.385. The number of nitrogens with one attached hydrogen (secondary N) is 1. The summed E-state index contributed by atoms with van der Waals surface area (Å²) < 4.78 is 0. The maximum absolute atomic E-state index is 10.8. The van der Waals surface area contributed by atoms with Crippen molar-refractivity contribution in [2.24, 2.45) is 0 Å². The van der Waals surface area contributed by atoms with Crippen LogP contribution in [0.3, 0.4) is 0 Å². The van der Waals surface area contributed by atoms with Gasteiger partial charge < -0.3 is 0 Å². The molecule has 0 fully saturated rings. The molecule has 2 aromatic carbocycles. The van der Waals surface area contributed by atoms with Crippen molar-refractivity contribution in [1.82, 2.24) is 5.48 Å². The van der Waals surface area contributed by atoms with Crippen LogP contribution in [0.5, 0.6) is 0 Å². The molecule has 5 nitrogen and oxygen atoms in total. The van der Waals surface area contributed by atoms with E-state index in [1.54, 1.807) is 18.2 Å². The predicted octanol–water partition coefficient (Wildman–Crippen LogP) is 2.82. The zero-order valence-corrected chi connectivity index (χ0v) is 10.3. The third-order valence-electron chi connectivity index (χ3n) is 2.63. The summed E-state index contributed by atoms with van der Waals surface area (Å²) in [6.07, 6.45) is 0. The molecule has 19 heavy (non-hydrogen) atoms. The second-order valence-corrected chi connectivity index (χ2v) is 3.98. The van der Waals surface area contributed by atoms with E-state index in [0.29, 0.717) is 18.7 Å². The lowest BCUT2D eigenvalue weighted by Gasteiger charge is -2.06. The highest BCUT2D eigenvalue weighted by molar-refractivity contribution is 5.39. The number of nitro benzene ring substituents is 1. The molecular formula is C14H14N2O3. The van der Waals surface area contributed by atoms with Gasteiger partial charge in [0.25, 0.3) is 5.69 Å². The normalized spacial score (nSPS) is 10.3. The van der Waals surface area contributed by atoms with Crippen LogP contribution in [0.15, 0.2) is 54.6 Å². The van der Waals surface area contributed by atoms with Crippen LogP contribution in [0.25, 0.3) is 0 Å². The number of nitrogens with zero attached hydrogens (tertiary/aromatic N) is 1. The van der Waals surface area contributed by atoms with Gasteiger partial charge in [-0.2, -0.15) is 5.48 Å². The minimum absolute atomic E-state index is 0.0957. The van der Waals surface area contributed by atoms with Crippen molar-refractivity contribution in [2.75, 3.05) is 0 Å². The Morgan fingerprint density at radius 3 is 2.47 bits per heavy atom. The Balaban J connectivity index is 1.85.